The molecule has 0 aliphatic heterocycles. The summed E-state index contributed by atoms with van der Waals surface area (Å²) < 4.78 is 11.3. The van der Waals surface area contributed by atoms with Crippen molar-refractivity contribution in [2.45, 2.75) is 19.0 Å². The number of aromatic nitrogens is 2. The fraction of sp³-hybridized carbons (Fsp3) is 0.200. The molecule has 8 nitrogen and oxygen atoms in total. The number of rotatable bonds is 9. The Balaban J connectivity index is 1.40. The van der Waals surface area contributed by atoms with E-state index in [1.54, 1.807) is 24.3 Å². The Morgan fingerprint density at radius 1 is 1.00 bits per heavy atom. The number of amides is 2. The largest absolute Gasteiger partial charge is 0.492 e. The molecule has 2 aromatic heterocycles. The summed E-state index contributed by atoms with van der Waals surface area (Å²) in [5.74, 6) is 1.45. The molecule has 2 heterocycles. The SMILES string of the molecule is Cc1oc2nc(SCC(=O)NCCOc3ccccc3)nc(NC(=O)c3ccccc3)c2c1C. The van der Waals surface area contributed by atoms with Gasteiger partial charge in [-0.05, 0) is 38.1 Å². The Morgan fingerprint density at radius 3 is 2.44 bits per heavy atom. The van der Waals surface area contributed by atoms with Crippen molar-refractivity contribution in [1.29, 1.82) is 0 Å². The Labute approximate surface area is 201 Å². The smallest absolute Gasteiger partial charge is 0.256 e. The summed E-state index contributed by atoms with van der Waals surface area (Å²) in [5.41, 5.74) is 1.73. The number of carbonyl (C=O) groups is 2. The molecule has 0 radical (unpaired) electrons. The lowest BCUT2D eigenvalue weighted by atomic mass is 10.2. The lowest BCUT2D eigenvalue weighted by Gasteiger charge is -2.09. The topological polar surface area (TPSA) is 106 Å². The Morgan fingerprint density at radius 2 is 1.71 bits per heavy atom. The summed E-state index contributed by atoms with van der Waals surface area (Å²) in [6.07, 6.45) is 0. The number of hydrogen-bond donors (Lipinski definition) is 2. The van der Waals surface area contributed by atoms with Gasteiger partial charge in [-0.15, -0.1) is 0 Å². The van der Waals surface area contributed by atoms with E-state index in [9.17, 15) is 9.59 Å². The molecule has 0 aliphatic carbocycles. The van der Waals surface area contributed by atoms with E-state index in [0.29, 0.717) is 46.5 Å². The zero-order valence-corrected chi connectivity index (χ0v) is 19.6. The van der Waals surface area contributed by atoms with Crippen LogP contribution < -0.4 is 15.4 Å². The highest BCUT2D eigenvalue weighted by Gasteiger charge is 2.19. The summed E-state index contributed by atoms with van der Waals surface area (Å²) in [6.45, 7) is 4.46. The van der Waals surface area contributed by atoms with E-state index >= 15 is 0 Å². The normalized spacial score (nSPS) is 10.8. The maximum atomic E-state index is 12.7. The first-order valence-electron chi connectivity index (χ1n) is 10.7. The predicted octanol–water partition coefficient (Wildman–Crippen LogP) is 4.38. The van der Waals surface area contributed by atoms with Crippen LogP contribution in [0.1, 0.15) is 21.7 Å². The van der Waals surface area contributed by atoms with Crippen LogP contribution in [0.2, 0.25) is 0 Å². The minimum Gasteiger partial charge on any atom is -0.492 e. The number of aryl methyl sites for hydroxylation is 2. The molecule has 2 N–H and O–H groups in total. The number of thioether (sulfide) groups is 1. The average molecular weight is 477 g/mol. The lowest BCUT2D eigenvalue weighted by Crippen LogP contribution is -2.29. The Bertz CT molecular complexity index is 1290. The van der Waals surface area contributed by atoms with Gasteiger partial charge >= 0.3 is 0 Å². The van der Waals surface area contributed by atoms with Crippen LogP contribution in [-0.4, -0.2) is 40.7 Å². The maximum Gasteiger partial charge on any atom is 0.256 e. The molecule has 0 spiro atoms. The number of nitrogens with one attached hydrogen (secondary N) is 2. The summed E-state index contributed by atoms with van der Waals surface area (Å²) in [6, 6.07) is 18.3. The molecule has 0 unspecified atom stereocenters. The molecule has 0 atom stereocenters. The van der Waals surface area contributed by atoms with Gasteiger partial charge in [0.15, 0.2) is 5.16 Å². The highest BCUT2D eigenvalue weighted by atomic mass is 32.2. The van der Waals surface area contributed by atoms with E-state index in [1.807, 2.05) is 50.2 Å². The molecule has 0 saturated carbocycles. The third-order valence-corrected chi connectivity index (χ3v) is 5.89. The first kappa shape index (κ1) is 23.3. The fourth-order valence-electron chi connectivity index (χ4n) is 3.21. The first-order chi connectivity index (χ1) is 16.5. The number of fused-ring (bicyclic) bond motifs is 1. The number of benzene rings is 2. The molecule has 2 amide bonds. The molecule has 0 saturated heterocycles. The van der Waals surface area contributed by atoms with Crippen molar-refractivity contribution in [3.05, 3.63) is 77.6 Å². The Hall–Kier alpha value is -3.85. The van der Waals surface area contributed by atoms with Crippen molar-refractivity contribution in [3.63, 3.8) is 0 Å². The van der Waals surface area contributed by atoms with E-state index in [1.165, 1.54) is 0 Å². The van der Waals surface area contributed by atoms with Crippen molar-refractivity contribution in [1.82, 2.24) is 15.3 Å². The molecule has 4 rings (SSSR count). The highest BCUT2D eigenvalue weighted by molar-refractivity contribution is 7.99. The standard InChI is InChI=1S/C25H24N4O4S/c1-16-17(2)33-24-21(16)22(27-23(31)18-9-5-3-6-10-18)28-25(29-24)34-15-20(30)26-13-14-32-19-11-7-4-8-12-19/h3-12H,13-15H2,1-2H3,(H,26,30)(H,27,28,29,31). The molecular formula is C25H24N4O4S. The van der Waals surface area contributed by atoms with Crippen LogP contribution in [0.4, 0.5) is 5.82 Å². The lowest BCUT2D eigenvalue weighted by molar-refractivity contribution is -0.118. The monoisotopic (exact) mass is 476 g/mol. The number of nitrogens with zero attached hydrogens (tertiary/aromatic N) is 2. The van der Waals surface area contributed by atoms with Crippen LogP contribution in [0.3, 0.4) is 0 Å². The van der Waals surface area contributed by atoms with Crippen molar-refractivity contribution < 1.29 is 18.7 Å². The number of anilines is 1. The predicted molar refractivity (Wildman–Crippen MR) is 131 cm³/mol. The van der Waals surface area contributed by atoms with Crippen LogP contribution in [-0.2, 0) is 4.79 Å². The molecule has 0 aliphatic rings. The van der Waals surface area contributed by atoms with Gasteiger partial charge in [0.25, 0.3) is 5.91 Å². The van der Waals surface area contributed by atoms with Crippen LogP contribution in [0.15, 0.2) is 70.2 Å². The summed E-state index contributed by atoms with van der Waals surface area (Å²) in [5, 5.41) is 6.65. The van der Waals surface area contributed by atoms with Crippen LogP contribution in [0, 0.1) is 13.8 Å². The van der Waals surface area contributed by atoms with Gasteiger partial charge in [0.05, 0.1) is 17.7 Å². The van der Waals surface area contributed by atoms with E-state index in [2.05, 4.69) is 20.6 Å². The van der Waals surface area contributed by atoms with E-state index in [4.69, 9.17) is 9.15 Å². The quantitative estimate of drug-likeness (QED) is 0.210. The van der Waals surface area contributed by atoms with E-state index in [-0.39, 0.29) is 17.6 Å². The maximum absolute atomic E-state index is 12.7. The van der Waals surface area contributed by atoms with Gasteiger partial charge in [-0.2, -0.15) is 4.98 Å². The number of furan rings is 1. The van der Waals surface area contributed by atoms with Gasteiger partial charge in [-0.25, -0.2) is 4.98 Å². The summed E-state index contributed by atoms with van der Waals surface area (Å²) >= 11 is 1.16. The Kier molecular flexibility index (Phi) is 7.44. The molecule has 2 aromatic carbocycles. The van der Waals surface area contributed by atoms with Crippen LogP contribution in [0.5, 0.6) is 5.75 Å². The second-order valence-electron chi connectivity index (χ2n) is 7.44. The van der Waals surface area contributed by atoms with Crippen molar-refractivity contribution in [3.8, 4) is 5.75 Å². The van der Waals surface area contributed by atoms with Gasteiger partial charge in [0, 0.05) is 11.1 Å². The second-order valence-corrected chi connectivity index (χ2v) is 8.38. The van der Waals surface area contributed by atoms with Gasteiger partial charge in [-0.3, -0.25) is 9.59 Å². The number of ether oxygens (including phenoxy) is 1. The highest BCUT2D eigenvalue weighted by Crippen LogP contribution is 2.31. The zero-order valence-electron chi connectivity index (χ0n) is 18.8. The third-order valence-electron chi connectivity index (χ3n) is 5.04. The molecule has 9 heteroatoms. The molecule has 34 heavy (non-hydrogen) atoms. The van der Waals surface area contributed by atoms with Gasteiger partial charge in [-0.1, -0.05) is 48.2 Å². The van der Waals surface area contributed by atoms with Crippen molar-refractivity contribution >= 4 is 40.5 Å². The summed E-state index contributed by atoms with van der Waals surface area (Å²) in [7, 11) is 0. The molecule has 0 bridgehead atoms. The van der Waals surface area contributed by atoms with E-state index < -0.39 is 0 Å². The van der Waals surface area contributed by atoms with Crippen molar-refractivity contribution in [2.75, 3.05) is 24.2 Å². The van der Waals surface area contributed by atoms with E-state index in [0.717, 1.165) is 23.1 Å². The first-order valence-corrected chi connectivity index (χ1v) is 11.7. The number of para-hydroxylation sites is 1. The van der Waals surface area contributed by atoms with Crippen LogP contribution >= 0.6 is 11.8 Å². The number of carbonyl (C=O) groups excluding carboxylic acids is 2. The summed E-state index contributed by atoms with van der Waals surface area (Å²) in [4.78, 5) is 33.9. The van der Waals surface area contributed by atoms with Gasteiger partial charge in [0.2, 0.25) is 11.6 Å². The fourth-order valence-corrected chi connectivity index (χ4v) is 3.88. The average Bonchev–Trinajstić information content (AvgIpc) is 3.15. The van der Waals surface area contributed by atoms with Gasteiger partial charge in [0.1, 0.15) is 23.9 Å². The van der Waals surface area contributed by atoms with Crippen molar-refractivity contribution in [2.24, 2.45) is 0 Å². The minimum atomic E-state index is -0.286. The molecule has 174 valence electrons. The second kappa shape index (κ2) is 10.8. The van der Waals surface area contributed by atoms with Crippen LogP contribution in [0.25, 0.3) is 11.1 Å². The zero-order chi connectivity index (χ0) is 23.9. The minimum absolute atomic E-state index is 0.113. The molecule has 4 aromatic rings. The van der Waals surface area contributed by atoms with Gasteiger partial charge < -0.3 is 19.8 Å². The number of hydrogen-bond acceptors (Lipinski definition) is 7. The molecule has 0 fully saturated rings. The third kappa shape index (κ3) is 5.74. The molecular weight excluding hydrogens is 452 g/mol.